The van der Waals surface area contributed by atoms with Crippen molar-refractivity contribution >= 4 is 28.5 Å². The van der Waals surface area contributed by atoms with Crippen molar-refractivity contribution in [1.29, 1.82) is 0 Å². The van der Waals surface area contributed by atoms with Gasteiger partial charge < -0.3 is 20.3 Å². The largest absolute Gasteiger partial charge is 0.378 e. The van der Waals surface area contributed by atoms with Gasteiger partial charge in [-0.2, -0.15) is 0 Å². The van der Waals surface area contributed by atoms with E-state index in [2.05, 4.69) is 10.6 Å². The van der Waals surface area contributed by atoms with Gasteiger partial charge in [-0.05, 0) is 36.8 Å². The Kier molecular flexibility index (Phi) is 4.34. The van der Waals surface area contributed by atoms with Gasteiger partial charge in [0.1, 0.15) is 5.82 Å². The molecule has 2 aliphatic heterocycles. The lowest BCUT2D eigenvalue weighted by Gasteiger charge is -2.29. The first kappa shape index (κ1) is 16.6. The number of rotatable bonds is 3. The lowest BCUT2D eigenvalue weighted by atomic mass is 10.0. The van der Waals surface area contributed by atoms with Crippen LogP contribution in [0, 0.1) is 12.7 Å². The predicted molar refractivity (Wildman–Crippen MR) is 101 cm³/mol. The molecule has 26 heavy (non-hydrogen) atoms. The van der Waals surface area contributed by atoms with E-state index in [4.69, 9.17) is 4.74 Å². The number of nitrogens with zero attached hydrogens (tertiary/aromatic N) is 1. The molecule has 2 N–H and O–H groups in total. The van der Waals surface area contributed by atoms with Crippen molar-refractivity contribution in [2.24, 2.45) is 0 Å². The van der Waals surface area contributed by atoms with Crippen LogP contribution in [0.25, 0.3) is 5.57 Å². The Bertz CT molecular complexity index is 889. The number of carbonyl (C=O) groups is 1. The van der Waals surface area contributed by atoms with Crippen molar-refractivity contribution in [3.05, 3.63) is 59.5 Å². The van der Waals surface area contributed by atoms with Gasteiger partial charge in [-0.1, -0.05) is 12.1 Å². The highest BCUT2D eigenvalue weighted by atomic mass is 19.1. The molecule has 5 nitrogen and oxygen atoms in total. The topological polar surface area (TPSA) is 53.6 Å². The Morgan fingerprint density at radius 3 is 2.81 bits per heavy atom. The minimum atomic E-state index is -0.289. The van der Waals surface area contributed by atoms with Gasteiger partial charge in [-0.15, -0.1) is 0 Å². The van der Waals surface area contributed by atoms with Crippen molar-refractivity contribution in [2.45, 2.75) is 6.92 Å². The van der Waals surface area contributed by atoms with E-state index in [1.54, 1.807) is 12.3 Å². The summed E-state index contributed by atoms with van der Waals surface area (Å²) in [5.41, 5.74) is 4.43. The van der Waals surface area contributed by atoms with E-state index in [-0.39, 0.29) is 11.7 Å². The highest BCUT2D eigenvalue weighted by molar-refractivity contribution is 6.32. The summed E-state index contributed by atoms with van der Waals surface area (Å²) < 4.78 is 19.8. The van der Waals surface area contributed by atoms with Gasteiger partial charge in [-0.25, -0.2) is 4.39 Å². The minimum absolute atomic E-state index is 0.160. The molecule has 2 heterocycles. The second kappa shape index (κ2) is 6.80. The van der Waals surface area contributed by atoms with Gasteiger partial charge in [0, 0.05) is 36.2 Å². The van der Waals surface area contributed by atoms with Crippen LogP contribution in [-0.2, 0) is 9.53 Å². The van der Waals surface area contributed by atoms with Crippen LogP contribution in [0.2, 0.25) is 0 Å². The van der Waals surface area contributed by atoms with Crippen molar-refractivity contribution < 1.29 is 13.9 Å². The van der Waals surface area contributed by atoms with Crippen LogP contribution >= 0.6 is 0 Å². The van der Waals surface area contributed by atoms with Crippen LogP contribution in [0.4, 0.5) is 21.5 Å². The summed E-state index contributed by atoms with van der Waals surface area (Å²) in [6.07, 6.45) is 1.64. The van der Waals surface area contributed by atoms with Gasteiger partial charge in [-0.3, -0.25) is 4.79 Å². The number of amides is 1. The monoisotopic (exact) mass is 353 g/mol. The third kappa shape index (κ3) is 3.04. The highest BCUT2D eigenvalue weighted by Crippen LogP contribution is 2.34. The van der Waals surface area contributed by atoms with E-state index in [0.717, 1.165) is 16.8 Å². The number of carbonyl (C=O) groups excluding carboxylic acids is 1. The summed E-state index contributed by atoms with van der Waals surface area (Å²) in [5.74, 6) is -0.449. The van der Waals surface area contributed by atoms with Crippen LogP contribution in [0.5, 0.6) is 0 Å². The first-order valence-electron chi connectivity index (χ1n) is 8.64. The molecule has 1 amide bonds. The van der Waals surface area contributed by atoms with Gasteiger partial charge in [0.2, 0.25) is 0 Å². The normalized spacial score (nSPS) is 18.0. The fourth-order valence-corrected chi connectivity index (χ4v) is 3.38. The zero-order valence-corrected chi connectivity index (χ0v) is 14.5. The van der Waals surface area contributed by atoms with Gasteiger partial charge in [0.15, 0.2) is 0 Å². The Morgan fingerprint density at radius 1 is 1.23 bits per heavy atom. The molecule has 2 aromatic rings. The molecule has 0 aliphatic carbocycles. The molecule has 1 fully saturated rings. The number of hydrogen-bond acceptors (Lipinski definition) is 4. The first-order chi connectivity index (χ1) is 12.6. The molecule has 0 spiro atoms. The van der Waals surface area contributed by atoms with Gasteiger partial charge >= 0.3 is 0 Å². The Hall–Kier alpha value is -2.86. The molecule has 0 bridgehead atoms. The van der Waals surface area contributed by atoms with E-state index >= 15 is 0 Å². The summed E-state index contributed by atoms with van der Waals surface area (Å²) >= 11 is 0. The van der Waals surface area contributed by atoms with Crippen LogP contribution in [0.15, 0.2) is 42.6 Å². The van der Waals surface area contributed by atoms with E-state index in [0.29, 0.717) is 43.3 Å². The smallest absolute Gasteiger partial charge is 0.257 e. The lowest BCUT2D eigenvalue weighted by molar-refractivity contribution is -0.110. The molecule has 0 radical (unpaired) electrons. The second-order valence-corrected chi connectivity index (χ2v) is 6.42. The number of nitrogens with one attached hydrogen (secondary N) is 2. The van der Waals surface area contributed by atoms with Gasteiger partial charge in [0.25, 0.3) is 5.91 Å². The second-order valence-electron chi connectivity index (χ2n) is 6.42. The van der Waals surface area contributed by atoms with Crippen LogP contribution < -0.4 is 15.5 Å². The average molecular weight is 353 g/mol. The lowest BCUT2D eigenvalue weighted by Crippen LogP contribution is -2.36. The quantitative estimate of drug-likeness (QED) is 0.831. The molecule has 0 saturated carbocycles. The highest BCUT2D eigenvalue weighted by Gasteiger charge is 2.25. The zero-order valence-electron chi connectivity index (χ0n) is 14.5. The Morgan fingerprint density at radius 2 is 2.04 bits per heavy atom. The maximum Gasteiger partial charge on any atom is 0.257 e. The van der Waals surface area contributed by atoms with Crippen LogP contribution in [0.1, 0.15) is 11.1 Å². The fraction of sp³-hybridized carbons (Fsp3) is 0.250. The number of fused-ring (bicyclic) bond motifs is 1. The molecule has 0 atom stereocenters. The molecule has 2 aliphatic rings. The molecule has 4 rings (SSSR count). The van der Waals surface area contributed by atoms with Crippen molar-refractivity contribution in [1.82, 2.24) is 0 Å². The summed E-state index contributed by atoms with van der Waals surface area (Å²) in [5, 5.41) is 5.90. The van der Waals surface area contributed by atoms with E-state index < -0.39 is 0 Å². The zero-order chi connectivity index (χ0) is 18.1. The Balaban J connectivity index is 1.56. The number of hydrogen-bond donors (Lipinski definition) is 2. The molecule has 134 valence electrons. The van der Waals surface area contributed by atoms with E-state index in [1.807, 2.05) is 36.1 Å². The molecular weight excluding hydrogens is 333 g/mol. The fourth-order valence-electron chi connectivity index (χ4n) is 3.38. The molecule has 6 heteroatoms. The molecule has 2 aromatic carbocycles. The van der Waals surface area contributed by atoms with Crippen molar-refractivity contribution in [2.75, 3.05) is 41.8 Å². The summed E-state index contributed by atoms with van der Waals surface area (Å²) in [6.45, 7) is 4.55. The number of halogens is 1. The maximum atomic E-state index is 14.5. The SMILES string of the molecule is Cc1cccc2c1/C(=C\Nc1ccc(N3CCOCC3)c(F)c1)C(=O)N2. The number of aryl methyl sites for hydroxylation is 1. The summed E-state index contributed by atoms with van der Waals surface area (Å²) in [6, 6.07) is 10.8. The standard InChI is InChI=1S/C20H20FN3O2/c1-13-3-2-4-17-19(13)15(20(25)23-17)12-22-14-5-6-18(16(21)11-14)24-7-9-26-10-8-24/h2-6,11-12,22H,7-10H2,1H3,(H,23,25)/b15-12+. The van der Waals surface area contributed by atoms with Crippen LogP contribution in [-0.4, -0.2) is 32.2 Å². The summed E-state index contributed by atoms with van der Waals surface area (Å²) in [7, 11) is 0. The third-order valence-corrected chi connectivity index (χ3v) is 4.72. The number of morpholine rings is 1. The first-order valence-corrected chi connectivity index (χ1v) is 8.64. The molecule has 1 saturated heterocycles. The average Bonchev–Trinajstić information content (AvgIpc) is 2.97. The molecular formula is C20H20FN3O2. The number of ether oxygens (including phenoxy) is 1. The molecule has 0 aromatic heterocycles. The third-order valence-electron chi connectivity index (χ3n) is 4.72. The molecule has 0 unspecified atom stereocenters. The van der Waals surface area contributed by atoms with Gasteiger partial charge in [0.05, 0.1) is 24.5 Å². The van der Waals surface area contributed by atoms with Crippen LogP contribution in [0.3, 0.4) is 0 Å². The summed E-state index contributed by atoms with van der Waals surface area (Å²) in [4.78, 5) is 14.2. The maximum absolute atomic E-state index is 14.5. The minimum Gasteiger partial charge on any atom is -0.378 e. The predicted octanol–water partition coefficient (Wildman–Crippen LogP) is 3.38. The Labute approximate surface area is 151 Å². The van der Waals surface area contributed by atoms with E-state index in [9.17, 15) is 9.18 Å². The van der Waals surface area contributed by atoms with E-state index in [1.165, 1.54) is 6.07 Å². The van der Waals surface area contributed by atoms with Crippen molar-refractivity contribution in [3.63, 3.8) is 0 Å². The number of benzene rings is 2. The number of anilines is 3. The van der Waals surface area contributed by atoms with Crippen molar-refractivity contribution in [3.8, 4) is 0 Å².